The molecular weight excluding hydrogens is 375 g/mol. The van der Waals surface area contributed by atoms with E-state index in [2.05, 4.69) is 20.8 Å². The monoisotopic (exact) mass is 393 g/mol. The standard InChI is InChI=1S/3C2H5.H2O4S.Pb/c3*1-2;1-5(2,3)4;/h3*1H2,2H3;(H2,1,2,3,4);. The third-order valence-corrected chi connectivity index (χ3v) is 13.2. The van der Waals surface area contributed by atoms with Crippen LogP contribution in [0.5, 0.6) is 0 Å². The van der Waals surface area contributed by atoms with Gasteiger partial charge in [-0.15, -0.1) is 0 Å². The fourth-order valence-electron chi connectivity index (χ4n) is 0.750. The van der Waals surface area contributed by atoms with Gasteiger partial charge in [-0.2, -0.15) is 8.42 Å². The summed E-state index contributed by atoms with van der Waals surface area (Å²) in [5, 5.41) is 0. The van der Waals surface area contributed by atoms with Gasteiger partial charge < -0.3 is 0 Å². The molecule has 0 aromatic carbocycles. The van der Waals surface area contributed by atoms with Crippen molar-refractivity contribution in [3.05, 3.63) is 0 Å². The van der Waals surface area contributed by atoms with Gasteiger partial charge in [0.15, 0.2) is 0 Å². The molecule has 0 aliphatic heterocycles. The first kappa shape index (κ1) is 15.3. The maximum Gasteiger partial charge on any atom is 0.394 e. The van der Waals surface area contributed by atoms with Crippen LogP contribution in [0.25, 0.3) is 0 Å². The van der Waals surface area contributed by atoms with Gasteiger partial charge in [-0.05, 0) is 0 Å². The fourth-order valence-corrected chi connectivity index (χ4v) is 6.58. The molecule has 0 fully saturated rings. The molecule has 6 heteroatoms. The zero-order valence-electron chi connectivity index (χ0n) is 7.74. The Morgan fingerprint density at radius 1 is 1.00 bits per heavy atom. The van der Waals surface area contributed by atoms with Gasteiger partial charge in [0.25, 0.3) is 0 Å². The third-order valence-electron chi connectivity index (χ3n) is 1.50. The molecule has 12 heavy (non-hydrogen) atoms. The summed E-state index contributed by atoms with van der Waals surface area (Å²) in [7, 11) is -4.67. The normalized spacial score (nSPS) is 10.8. The minimum absolute atomic E-state index is 0.789. The molecule has 75 valence electrons. The van der Waals surface area contributed by atoms with Gasteiger partial charge in [0, 0.05) is 0 Å². The smallest absolute Gasteiger partial charge is 0.264 e. The summed E-state index contributed by atoms with van der Waals surface area (Å²) in [5.74, 6) is 0. The number of hydrogen-bond acceptors (Lipinski definition) is 2. The Balaban J connectivity index is 0. The van der Waals surface area contributed by atoms with E-state index in [4.69, 9.17) is 17.5 Å². The van der Waals surface area contributed by atoms with Crippen molar-refractivity contribution in [2.24, 2.45) is 0 Å². The van der Waals surface area contributed by atoms with Gasteiger partial charge in [-0.25, -0.2) is 0 Å². The zero-order valence-corrected chi connectivity index (χ0v) is 12.4. The molecule has 0 aliphatic rings. The summed E-state index contributed by atoms with van der Waals surface area (Å²) >= 11 is -0.789. The molecule has 0 spiro atoms. The van der Waals surface area contributed by atoms with Crippen molar-refractivity contribution in [3.63, 3.8) is 0 Å². The van der Waals surface area contributed by atoms with E-state index in [9.17, 15) is 0 Å². The van der Waals surface area contributed by atoms with Crippen molar-refractivity contribution in [1.82, 2.24) is 0 Å². The average molecular weight is 392 g/mol. The Hall–Kier alpha value is 0.792. The molecule has 0 amide bonds. The molecule has 0 aromatic heterocycles. The van der Waals surface area contributed by atoms with Crippen molar-refractivity contribution in [2.75, 3.05) is 0 Å². The van der Waals surface area contributed by atoms with Gasteiger partial charge in [0.05, 0.1) is 0 Å². The van der Waals surface area contributed by atoms with Crippen molar-refractivity contribution in [2.45, 2.75) is 32.7 Å². The molecule has 1 radical (unpaired) electrons. The molecule has 0 saturated heterocycles. The van der Waals surface area contributed by atoms with Crippen LogP contribution in [0, 0.1) is 0 Å². The summed E-state index contributed by atoms with van der Waals surface area (Å²) < 4.78 is 36.3. The van der Waals surface area contributed by atoms with E-state index in [1.54, 1.807) is 11.9 Å². The fraction of sp³-hybridized carbons (Fsp3) is 1.00. The second-order valence-corrected chi connectivity index (χ2v) is 17.2. The van der Waals surface area contributed by atoms with Gasteiger partial charge in [-0.1, -0.05) is 0 Å². The van der Waals surface area contributed by atoms with Gasteiger partial charge >= 0.3 is 65.8 Å². The quantitative estimate of drug-likeness (QED) is 0.568. The predicted octanol–water partition coefficient (Wildman–Crippen LogP) is 1.89. The maximum absolute atomic E-state index is 8.74. The van der Waals surface area contributed by atoms with Crippen molar-refractivity contribution < 1.29 is 17.5 Å². The van der Waals surface area contributed by atoms with Crippen LogP contribution in [-0.4, -0.2) is 40.2 Å². The van der Waals surface area contributed by atoms with Crippen LogP contribution in [-0.2, 0) is 10.4 Å². The average Bonchev–Trinajstić information content (AvgIpc) is 1.88. The molecule has 0 atom stereocenters. The van der Waals surface area contributed by atoms with Crippen molar-refractivity contribution in [1.29, 1.82) is 0 Å². The molecular formula is C6H17O4PbS. The topological polar surface area (TPSA) is 74.6 Å². The van der Waals surface area contributed by atoms with E-state index in [1.807, 2.05) is 0 Å². The minimum atomic E-state index is -4.67. The molecule has 0 heterocycles. The van der Waals surface area contributed by atoms with Crippen LogP contribution in [0.15, 0.2) is 0 Å². The second kappa shape index (κ2) is 8.39. The summed E-state index contributed by atoms with van der Waals surface area (Å²) in [4.78, 5) is 0. The van der Waals surface area contributed by atoms with E-state index < -0.39 is 33.1 Å². The summed E-state index contributed by atoms with van der Waals surface area (Å²) in [6.07, 6.45) is 0. The van der Waals surface area contributed by atoms with Gasteiger partial charge in [-0.3, -0.25) is 9.11 Å². The molecule has 0 bridgehead atoms. The predicted molar refractivity (Wildman–Crippen MR) is 51.4 cm³/mol. The van der Waals surface area contributed by atoms with E-state index >= 15 is 0 Å². The number of rotatable bonds is 3. The largest absolute Gasteiger partial charge is 0.394 e. The summed E-state index contributed by atoms with van der Waals surface area (Å²) in [6, 6.07) is 0. The Morgan fingerprint density at radius 3 is 1.17 bits per heavy atom. The molecule has 0 aliphatic carbocycles. The third kappa shape index (κ3) is 22.4. The van der Waals surface area contributed by atoms with Crippen LogP contribution >= 0.6 is 0 Å². The van der Waals surface area contributed by atoms with Crippen LogP contribution < -0.4 is 0 Å². The molecule has 0 saturated carbocycles. The summed E-state index contributed by atoms with van der Waals surface area (Å²) in [6.45, 7) is 7.07. The van der Waals surface area contributed by atoms with Crippen molar-refractivity contribution >= 4 is 33.1 Å². The minimum Gasteiger partial charge on any atom is -0.264 e. The van der Waals surface area contributed by atoms with Crippen LogP contribution in [0.1, 0.15) is 20.8 Å². The first-order chi connectivity index (χ1) is 5.35. The number of hydrogen-bond donors (Lipinski definition) is 2. The van der Waals surface area contributed by atoms with E-state index in [1.165, 1.54) is 0 Å². The summed E-state index contributed by atoms with van der Waals surface area (Å²) in [5.41, 5.74) is 0. The Labute approximate surface area is 83.1 Å². The SMILES string of the molecule is C[CH2][Pb]([CH2]C)[CH2]C.O=S(=O)(O)O. The molecule has 0 aromatic rings. The van der Waals surface area contributed by atoms with E-state index in [0.717, 1.165) is 0 Å². The Morgan fingerprint density at radius 2 is 1.17 bits per heavy atom. The first-order valence-electron chi connectivity index (χ1n) is 3.88. The molecule has 0 unspecified atom stereocenters. The molecule has 0 rings (SSSR count). The Kier molecular flexibility index (Phi) is 10.7. The van der Waals surface area contributed by atoms with E-state index in [0.29, 0.717) is 0 Å². The van der Waals surface area contributed by atoms with Gasteiger partial charge in [0.2, 0.25) is 0 Å². The second-order valence-electron chi connectivity index (χ2n) is 2.26. The zero-order chi connectivity index (χ0) is 10.2. The maximum atomic E-state index is 8.74. The van der Waals surface area contributed by atoms with Crippen LogP contribution in [0.3, 0.4) is 0 Å². The van der Waals surface area contributed by atoms with Crippen LogP contribution in [0.4, 0.5) is 0 Å². The molecule has 4 nitrogen and oxygen atoms in total. The van der Waals surface area contributed by atoms with Crippen LogP contribution in [0.2, 0.25) is 11.9 Å². The van der Waals surface area contributed by atoms with E-state index in [-0.39, 0.29) is 0 Å². The molecule has 2 N–H and O–H groups in total. The van der Waals surface area contributed by atoms with Crippen molar-refractivity contribution in [3.8, 4) is 0 Å². The van der Waals surface area contributed by atoms with Gasteiger partial charge in [0.1, 0.15) is 0 Å². The first-order valence-corrected chi connectivity index (χ1v) is 13.5. The Bertz CT molecular complexity index is 160.